The van der Waals surface area contributed by atoms with E-state index in [9.17, 15) is 50.1 Å². The van der Waals surface area contributed by atoms with Crippen LogP contribution in [0.5, 0.6) is 17.2 Å². The van der Waals surface area contributed by atoms with Gasteiger partial charge in [-0.2, -0.15) is 0 Å². The molecule has 1 saturated heterocycles. The molecule has 8 N–H and O–H groups in total. The van der Waals surface area contributed by atoms with Crippen molar-refractivity contribution < 1.29 is 73.8 Å². The molecule has 1 spiro atoms. The zero-order chi connectivity index (χ0) is 57.5. The van der Waals surface area contributed by atoms with Gasteiger partial charge >= 0.3 is 5.97 Å². The van der Waals surface area contributed by atoms with Crippen molar-refractivity contribution >= 4 is 34.5 Å². The number of ether oxygens (including phenoxy) is 5. The van der Waals surface area contributed by atoms with Crippen molar-refractivity contribution in [1.29, 1.82) is 0 Å². The molecule has 438 valence electrons. The van der Waals surface area contributed by atoms with Crippen LogP contribution >= 0.6 is 0 Å². The second kappa shape index (κ2) is 24.3. The Kier molecular flexibility index (Phi) is 17.1. The predicted octanol–water partition coefficient (Wildman–Crippen LogP) is 5.54. The monoisotopic (exact) mass is 1130 g/mol. The van der Waals surface area contributed by atoms with E-state index in [1.54, 1.807) is 14.0 Å². The number of allylic oxidation sites excluding steroid dienone is 4. The Morgan fingerprint density at radius 3 is 2.55 bits per heavy atom. The van der Waals surface area contributed by atoms with Crippen LogP contribution < -0.4 is 14.2 Å². The lowest BCUT2D eigenvalue weighted by atomic mass is 9.49. The Morgan fingerprint density at radius 2 is 1.82 bits per heavy atom. The topological polar surface area (TPSA) is 258 Å². The first-order valence-electron chi connectivity index (χ1n) is 29.5. The Labute approximate surface area is 477 Å². The van der Waals surface area contributed by atoms with E-state index < -0.39 is 77.8 Å². The molecule has 2 fully saturated rings. The second-order valence-electron chi connectivity index (χ2n) is 23.6. The maximum Gasteiger partial charge on any atom is 0.375 e. The number of hydrogen-bond donors (Lipinski definition) is 8. The van der Waals surface area contributed by atoms with Crippen LogP contribution in [0, 0.1) is 35.5 Å². The summed E-state index contributed by atoms with van der Waals surface area (Å²) in [5, 5.41) is 83.2. The number of esters is 1. The smallest absolute Gasteiger partial charge is 0.375 e. The van der Waals surface area contributed by atoms with E-state index >= 15 is 0 Å². The average Bonchev–Trinajstić information content (AvgIpc) is 2.61. The van der Waals surface area contributed by atoms with Crippen LogP contribution in [-0.4, -0.2) is 154 Å². The van der Waals surface area contributed by atoms with Crippen molar-refractivity contribution in [2.75, 3.05) is 73.0 Å². The number of hydrogen-bond acceptors (Lipinski definition) is 16. The summed E-state index contributed by atoms with van der Waals surface area (Å²) in [7, 11) is 1.68. The summed E-state index contributed by atoms with van der Waals surface area (Å²) in [6, 6.07) is 13.8. The first kappa shape index (κ1) is 57.8. The number of piperidine rings is 1. The SMILES string of the molecule is CCOC(=O)C1=C(C=O)/C2=C3\C[C@H](CO)C(=O)[C@H](C3)c3cc4cc[nH]c4cc3CC[C@@H](CO)COc3c4c(c(CO)c(c32)O1)O[C@@]1(C=C[C@@H](CCO)[C@@H]2C([C@H](O)CCc3ccccc3CCO)=C[C@@H]3CN(CCCOC)CC[C@@H]3[C@]21O)C4. The van der Waals surface area contributed by atoms with Gasteiger partial charge in [0.25, 0.3) is 0 Å². The van der Waals surface area contributed by atoms with Crippen molar-refractivity contribution in [2.24, 2.45) is 35.5 Å². The molecule has 7 aliphatic rings. The van der Waals surface area contributed by atoms with E-state index in [0.717, 1.165) is 46.1 Å². The highest BCUT2D eigenvalue weighted by atomic mass is 16.6. The van der Waals surface area contributed by atoms with E-state index in [4.69, 9.17) is 23.7 Å². The lowest BCUT2D eigenvalue weighted by Crippen LogP contribution is -2.72. The van der Waals surface area contributed by atoms with Gasteiger partial charge in [-0.3, -0.25) is 9.59 Å². The van der Waals surface area contributed by atoms with Crippen LogP contribution in [0.4, 0.5) is 0 Å². The molecule has 17 heteroatoms. The molecule has 1 saturated carbocycles. The number of fused-ring (bicyclic) bond motifs is 11. The third kappa shape index (κ3) is 10.1. The van der Waals surface area contributed by atoms with Crippen LogP contribution in [0.2, 0.25) is 0 Å². The number of aldehydes is 1. The van der Waals surface area contributed by atoms with Crippen LogP contribution in [0.15, 0.2) is 89.4 Å². The summed E-state index contributed by atoms with van der Waals surface area (Å²) in [6.45, 7) is 2.35. The number of aryl methyl sites for hydroxylation is 2. The Bertz CT molecular complexity index is 3210. The molecule has 11 rings (SSSR count). The molecule has 3 aromatic carbocycles. The molecule has 2 bridgehead atoms. The minimum atomic E-state index is -1.80. The molecule has 0 radical (unpaired) electrons. The Balaban J connectivity index is 1.11. The number of likely N-dealkylation sites (tertiary alicyclic amines) is 1. The number of carbonyl (C=O) groups excluding carboxylic acids is 3. The lowest BCUT2D eigenvalue weighted by molar-refractivity contribution is -0.202. The van der Waals surface area contributed by atoms with Crippen molar-refractivity contribution in [1.82, 2.24) is 9.88 Å². The van der Waals surface area contributed by atoms with Gasteiger partial charge in [-0.1, -0.05) is 42.0 Å². The number of Topliss-reactive ketones (excluding diaryl/α,β-unsaturated/α-hetero) is 1. The van der Waals surface area contributed by atoms with E-state index in [-0.39, 0.29) is 110 Å². The van der Waals surface area contributed by atoms with Crippen LogP contribution in [0.1, 0.15) is 96.7 Å². The number of ketones is 1. The lowest BCUT2D eigenvalue weighted by Gasteiger charge is -2.61. The number of rotatable bonds is 18. The van der Waals surface area contributed by atoms with Gasteiger partial charge in [0.1, 0.15) is 28.6 Å². The minimum Gasteiger partial charge on any atom is -0.492 e. The fourth-order valence-corrected chi connectivity index (χ4v) is 15.2. The number of nitrogens with one attached hydrogen (secondary N) is 1. The molecule has 1 aromatic heterocycles. The third-order valence-electron chi connectivity index (χ3n) is 19.1. The molecule has 10 atom stereocenters. The van der Waals surface area contributed by atoms with Gasteiger partial charge in [0, 0.05) is 105 Å². The van der Waals surface area contributed by atoms with Crippen molar-refractivity contribution in [3.8, 4) is 17.2 Å². The molecule has 0 unspecified atom stereocenters. The van der Waals surface area contributed by atoms with Crippen LogP contribution in [0.25, 0.3) is 16.5 Å². The van der Waals surface area contributed by atoms with Gasteiger partial charge in [-0.05, 0) is 147 Å². The summed E-state index contributed by atoms with van der Waals surface area (Å²) >= 11 is 0. The van der Waals surface area contributed by atoms with E-state index in [2.05, 4.69) is 16.0 Å². The standard InChI is InChI=1S/C65H78N2O15/c1-3-79-63(76)62-50(34-72)55-43-25-45(33-71)58(75)47(27-43)46-26-42-14-19-66-53(42)29-41(46)10-9-37(32-70)36-80-60-49-30-64(82-59(49)51(35-73)61(81-62)56(55)60)18-13-40(17-23-69)57-48(54(74)12-11-38-7-4-5-8-39(38)16-22-68)28-44-31-67(20-6-24-78-2)21-15-52(44)65(57,64)77/h4-5,7-8,13-14,18-19,26,28-29,34,37,40,44-45,47,52,54,57,66,68-71,73-74,77H,3,6,9-12,15-17,20-25,27,30-33,35-36H2,1-2H3/b55-43-/t37-,40-,44+,45+,47+,52-,54+,57+,64-,65-/m0/s1. The summed E-state index contributed by atoms with van der Waals surface area (Å²) < 4.78 is 32.3. The van der Waals surface area contributed by atoms with E-state index in [1.807, 2.05) is 60.8 Å². The number of H-pyrrole nitrogens is 1. The Morgan fingerprint density at radius 1 is 1.00 bits per heavy atom. The van der Waals surface area contributed by atoms with Crippen molar-refractivity contribution in [2.45, 2.75) is 107 Å². The number of methoxy groups -OCH3 is 1. The van der Waals surface area contributed by atoms with E-state index in [0.29, 0.717) is 81.2 Å². The summed E-state index contributed by atoms with van der Waals surface area (Å²) in [6.07, 6.45) is 11.1. The van der Waals surface area contributed by atoms with Gasteiger partial charge in [0.05, 0.1) is 49.2 Å². The van der Waals surface area contributed by atoms with E-state index in [1.165, 1.54) is 0 Å². The molecular weight excluding hydrogens is 1050 g/mol. The fraction of sp³-hybridized carbons (Fsp3) is 0.523. The van der Waals surface area contributed by atoms with Crippen LogP contribution in [0.3, 0.4) is 0 Å². The van der Waals surface area contributed by atoms with Crippen LogP contribution in [-0.2, 0) is 56.1 Å². The highest BCUT2D eigenvalue weighted by molar-refractivity contribution is 6.11. The number of aromatic amines is 1. The molecule has 4 aliphatic heterocycles. The third-order valence-corrected chi connectivity index (χ3v) is 19.1. The van der Waals surface area contributed by atoms with Gasteiger partial charge in [0.15, 0.2) is 11.9 Å². The average molecular weight is 1130 g/mol. The highest BCUT2D eigenvalue weighted by Gasteiger charge is 2.69. The maximum absolute atomic E-state index is 14.8. The minimum absolute atomic E-state index is 0.00684. The molecule has 3 aliphatic carbocycles. The van der Waals surface area contributed by atoms with Crippen molar-refractivity contribution in [3.63, 3.8) is 0 Å². The van der Waals surface area contributed by atoms with Gasteiger partial charge < -0.3 is 69.3 Å². The zero-order valence-electron chi connectivity index (χ0n) is 46.9. The number of nitrogens with zero attached hydrogens (tertiary/aromatic N) is 1. The van der Waals surface area contributed by atoms with Gasteiger partial charge in [-0.15, -0.1) is 0 Å². The number of carbonyl (C=O) groups is 3. The number of aliphatic hydroxyl groups excluding tert-OH is 6. The molecule has 17 nitrogen and oxygen atoms in total. The molecule has 82 heavy (non-hydrogen) atoms. The molecule has 4 aromatic rings. The highest BCUT2D eigenvalue weighted by Crippen LogP contribution is 2.64. The molecule has 5 heterocycles. The molecule has 0 amide bonds. The number of aliphatic hydroxyl groups is 7. The summed E-state index contributed by atoms with van der Waals surface area (Å²) in [5.41, 5.74) is 3.10. The maximum atomic E-state index is 14.8. The summed E-state index contributed by atoms with van der Waals surface area (Å²) in [5.74, 6) is -5.46. The first-order chi connectivity index (χ1) is 39.9. The zero-order valence-corrected chi connectivity index (χ0v) is 46.9. The second-order valence-corrected chi connectivity index (χ2v) is 23.6. The van der Waals surface area contributed by atoms with Crippen molar-refractivity contribution in [3.05, 3.63) is 128 Å². The molecular formula is C65H78N2O15. The quantitative estimate of drug-likeness (QED) is 0.0263. The predicted molar refractivity (Wildman–Crippen MR) is 304 cm³/mol. The van der Waals surface area contributed by atoms with Gasteiger partial charge in [-0.25, -0.2) is 4.79 Å². The number of aromatic nitrogens is 1. The normalized spacial score (nSPS) is 28.9. The van der Waals surface area contributed by atoms with Gasteiger partial charge in [0.2, 0.25) is 5.76 Å². The summed E-state index contributed by atoms with van der Waals surface area (Å²) in [4.78, 5) is 48.7. The fourth-order valence-electron chi connectivity index (χ4n) is 15.2. The largest absolute Gasteiger partial charge is 0.492 e. The number of benzene rings is 3. The Hall–Kier alpha value is -5.99. The first-order valence-corrected chi connectivity index (χ1v) is 29.5.